The number of nitrogens with one attached hydrogen (secondary N) is 1. The summed E-state index contributed by atoms with van der Waals surface area (Å²) in [6.07, 6.45) is 9.03. The van der Waals surface area contributed by atoms with Gasteiger partial charge in [-0.3, -0.25) is 14.5 Å². The summed E-state index contributed by atoms with van der Waals surface area (Å²) in [5.41, 5.74) is 3.01. The maximum Gasteiger partial charge on any atom is 0.246 e. The van der Waals surface area contributed by atoms with Crippen molar-refractivity contribution in [3.63, 3.8) is 0 Å². The van der Waals surface area contributed by atoms with Crippen LogP contribution >= 0.6 is 24.0 Å². The van der Waals surface area contributed by atoms with E-state index in [1.165, 1.54) is 0 Å². The zero-order valence-electron chi connectivity index (χ0n) is 17.0. The molecule has 1 aromatic carbocycles. The summed E-state index contributed by atoms with van der Waals surface area (Å²) in [4.78, 5) is 24.9. The van der Waals surface area contributed by atoms with Crippen molar-refractivity contribution in [2.24, 2.45) is 12.0 Å². The molecule has 3 heterocycles. The Bertz CT molecular complexity index is 1010. The van der Waals surface area contributed by atoms with Crippen molar-refractivity contribution >= 4 is 41.5 Å². The van der Waals surface area contributed by atoms with E-state index in [0.29, 0.717) is 25.6 Å². The number of hydrogen-bond acceptors (Lipinski definition) is 4. The highest BCUT2D eigenvalue weighted by Gasteiger charge is 2.27. The van der Waals surface area contributed by atoms with Crippen LogP contribution in [0.2, 0.25) is 0 Å². The molecular weight excluding hydrogens is 495 g/mol. The monoisotopic (exact) mass is 520 g/mol. The average Bonchev–Trinajstić information content (AvgIpc) is 3.41. The molecule has 10 heteroatoms. The molecule has 30 heavy (non-hydrogen) atoms. The molecule has 0 spiro atoms. The van der Waals surface area contributed by atoms with Crippen LogP contribution in [0.3, 0.4) is 0 Å². The maximum atomic E-state index is 12.7. The summed E-state index contributed by atoms with van der Waals surface area (Å²) in [7, 11) is 3.58. The first-order valence-corrected chi connectivity index (χ1v) is 9.46. The molecule has 9 nitrogen and oxygen atoms in total. The van der Waals surface area contributed by atoms with E-state index < -0.39 is 0 Å². The van der Waals surface area contributed by atoms with E-state index in [0.717, 1.165) is 16.9 Å². The molecule has 0 aliphatic carbocycles. The van der Waals surface area contributed by atoms with Gasteiger partial charge in [0.25, 0.3) is 0 Å². The molecule has 0 radical (unpaired) electrons. The number of carbonyl (C=O) groups is 1. The molecule has 0 unspecified atom stereocenters. The zero-order valence-corrected chi connectivity index (χ0v) is 19.3. The van der Waals surface area contributed by atoms with E-state index in [-0.39, 0.29) is 36.4 Å². The number of nitrogens with zero attached hydrogens (tertiary/aromatic N) is 7. The van der Waals surface area contributed by atoms with Crippen LogP contribution in [0.15, 0.2) is 60.4 Å². The van der Waals surface area contributed by atoms with Crippen LogP contribution in [0.25, 0.3) is 5.69 Å². The van der Waals surface area contributed by atoms with Crippen LogP contribution in [0.5, 0.6) is 0 Å². The number of rotatable bonds is 4. The second-order valence-electron chi connectivity index (χ2n) is 6.84. The topological polar surface area (TPSA) is 83.6 Å². The first-order chi connectivity index (χ1) is 14.2. The SMILES string of the molecule is CN=C(NCc1ccccc1-n1ccnc1)N1CCN(c2cnn(C)c2)C(=O)C1.I. The number of guanidine groups is 1. The van der Waals surface area contributed by atoms with Gasteiger partial charge in [0.2, 0.25) is 5.91 Å². The van der Waals surface area contributed by atoms with E-state index in [4.69, 9.17) is 0 Å². The minimum absolute atomic E-state index is 0. The van der Waals surface area contributed by atoms with Crippen molar-refractivity contribution in [3.8, 4) is 5.69 Å². The Hall–Kier alpha value is -2.89. The number of carbonyl (C=O) groups excluding carboxylic acids is 1. The fourth-order valence-electron chi connectivity index (χ4n) is 3.50. The van der Waals surface area contributed by atoms with Crippen molar-refractivity contribution < 1.29 is 4.79 Å². The summed E-state index contributed by atoms with van der Waals surface area (Å²) in [5, 5.41) is 7.55. The molecule has 2 aromatic heterocycles. The van der Waals surface area contributed by atoms with Gasteiger partial charge in [0.1, 0.15) is 6.54 Å². The van der Waals surface area contributed by atoms with Gasteiger partial charge in [-0.25, -0.2) is 4.98 Å². The molecular formula is C20H25IN8O. The Morgan fingerprint density at radius 1 is 1.27 bits per heavy atom. The number of anilines is 1. The van der Waals surface area contributed by atoms with E-state index in [2.05, 4.69) is 32.5 Å². The van der Waals surface area contributed by atoms with Gasteiger partial charge in [-0.05, 0) is 11.6 Å². The highest BCUT2D eigenvalue weighted by atomic mass is 127. The molecule has 3 aromatic rings. The highest BCUT2D eigenvalue weighted by Crippen LogP contribution is 2.17. The van der Waals surface area contributed by atoms with Gasteiger partial charge in [0.15, 0.2) is 5.96 Å². The largest absolute Gasteiger partial charge is 0.352 e. The number of amides is 1. The van der Waals surface area contributed by atoms with Crippen molar-refractivity contribution in [1.82, 2.24) is 29.5 Å². The predicted molar refractivity (Wildman–Crippen MR) is 126 cm³/mol. The fraction of sp³-hybridized carbons (Fsp3) is 0.300. The van der Waals surface area contributed by atoms with E-state index in [1.54, 1.807) is 35.4 Å². The number of aliphatic imine (C=N–C) groups is 1. The predicted octanol–water partition coefficient (Wildman–Crippen LogP) is 1.65. The van der Waals surface area contributed by atoms with Crippen molar-refractivity contribution in [2.75, 3.05) is 31.6 Å². The quantitative estimate of drug-likeness (QED) is 0.322. The van der Waals surface area contributed by atoms with E-state index >= 15 is 0 Å². The van der Waals surface area contributed by atoms with Crippen LogP contribution in [0.4, 0.5) is 5.69 Å². The van der Waals surface area contributed by atoms with Crippen LogP contribution in [0.1, 0.15) is 5.56 Å². The van der Waals surface area contributed by atoms with Crippen molar-refractivity contribution in [2.45, 2.75) is 6.54 Å². The van der Waals surface area contributed by atoms with Crippen LogP contribution in [-0.4, -0.2) is 62.8 Å². The summed E-state index contributed by atoms with van der Waals surface area (Å²) in [6, 6.07) is 8.14. The van der Waals surface area contributed by atoms with E-state index in [1.807, 2.05) is 41.0 Å². The van der Waals surface area contributed by atoms with Gasteiger partial charge in [-0.2, -0.15) is 5.10 Å². The molecule has 1 N–H and O–H groups in total. The fourth-order valence-corrected chi connectivity index (χ4v) is 3.50. The third-order valence-corrected chi connectivity index (χ3v) is 4.95. The lowest BCUT2D eigenvalue weighted by atomic mass is 10.1. The Morgan fingerprint density at radius 3 is 2.77 bits per heavy atom. The molecule has 1 aliphatic rings. The second-order valence-corrected chi connectivity index (χ2v) is 6.84. The number of hydrogen-bond donors (Lipinski definition) is 1. The number of benzene rings is 1. The summed E-state index contributed by atoms with van der Waals surface area (Å²) in [5.74, 6) is 0.746. The first kappa shape index (κ1) is 21.8. The van der Waals surface area contributed by atoms with Gasteiger partial charge < -0.3 is 19.7 Å². The normalized spacial score (nSPS) is 14.6. The molecule has 158 valence electrons. The summed E-state index contributed by atoms with van der Waals surface area (Å²) >= 11 is 0. The third-order valence-electron chi connectivity index (χ3n) is 4.95. The lowest BCUT2D eigenvalue weighted by Gasteiger charge is -2.35. The zero-order chi connectivity index (χ0) is 20.2. The van der Waals surface area contributed by atoms with Gasteiger partial charge in [-0.1, -0.05) is 18.2 Å². The molecule has 4 rings (SSSR count). The average molecular weight is 520 g/mol. The molecule has 0 atom stereocenters. The van der Waals surface area contributed by atoms with Gasteiger partial charge in [0, 0.05) is 52.3 Å². The second kappa shape index (κ2) is 9.74. The molecule has 1 fully saturated rings. The Kier molecular flexibility index (Phi) is 7.08. The molecule has 1 saturated heterocycles. The van der Waals surface area contributed by atoms with Crippen LogP contribution in [0, 0.1) is 0 Å². The standard InChI is InChI=1S/C20H24N8O.HI/c1-21-20(23-11-16-5-3-4-6-18(16)27-8-7-22-15-27)26-9-10-28(19(29)14-26)17-12-24-25(2)13-17;/h3-8,12-13,15H,9-11,14H2,1-2H3,(H,21,23);1H. The maximum absolute atomic E-state index is 12.7. The number of para-hydroxylation sites is 1. The lowest BCUT2D eigenvalue weighted by Crippen LogP contribution is -2.55. The van der Waals surface area contributed by atoms with Gasteiger partial charge >= 0.3 is 0 Å². The number of aromatic nitrogens is 4. The number of piperazine rings is 1. The molecule has 0 saturated carbocycles. The Morgan fingerprint density at radius 2 is 2.10 bits per heavy atom. The lowest BCUT2D eigenvalue weighted by molar-refractivity contribution is -0.120. The molecule has 1 aliphatic heterocycles. The third kappa shape index (κ3) is 4.64. The first-order valence-electron chi connectivity index (χ1n) is 9.46. The number of aryl methyl sites for hydroxylation is 1. The minimum atomic E-state index is 0. The highest BCUT2D eigenvalue weighted by molar-refractivity contribution is 14.0. The number of halogens is 1. The van der Waals surface area contributed by atoms with Crippen molar-refractivity contribution in [1.29, 1.82) is 0 Å². The van der Waals surface area contributed by atoms with Gasteiger partial charge in [0.05, 0.1) is 23.9 Å². The smallest absolute Gasteiger partial charge is 0.246 e. The Labute approximate surface area is 192 Å². The Balaban J connectivity index is 0.00000256. The van der Waals surface area contributed by atoms with Crippen LogP contribution in [-0.2, 0) is 18.4 Å². The minimum Gasteiger partial charge on any atom is -0.352 e. The summed E-state index contributed by atoms with van der Waals surface area (Å²) < 4.78 is 3.68. The van der Waals surface area contributed by atoms with Gasteiger partial charge in [-0.15, -0.1) is 24.0 Å². The number of imidazole rings is 1. The molecule has 1 amide bonds. The summed E-state index contributed by atoms with van der Waals surface area (Å²) in [6.45, 7) is 2.16. The van der Waals surface area contributed by atoms with E-state index in [9.17, 15) is 4.79 Å². The molecule has 0 bridgehead atoms. The van der Waals surface area contributed by atoms with Crippen LogP contribution < -0.4 is 10.2 Å². The van der Waals surface area contributed by atoms with Crippen molar-refractivity contribution in [3.05, 3.63) is 60.9 Å².